The van der Waals surface area contributed by atoms with Gasteiger partial charge in [-0.2, -0.15) is 4.98 Å². The van der Waals surface area contributed by atoms with Crippen LogP contribution in [0.15, 0.2) is 6.07 Å². The molecule has 0 aromatic carbocycles. The number of hydrogen-bond acceptors (Lipinski definition) is 6. The van der Waals surface area contributed by atoms with E-state index in [4.69, 9.17) is 4.74 Å². The zero-order valence-electron chi connectivity index (χ0n) is 12.1. The molecule has 1 fully saturated rings. The zero-order chi connectivity index (χ0) is 14.1. The lowest BCUT2D eigenvalue weighted by Crippen LogP contribution is -2.32. The molecular formula is C14H20N4OS. The van der Waals surface area contributed by atoms with Crippen molar-refractivity contribution in [3.63, 3.8) is 0 Å². The highest BCUT2D eigenvalue weighted by Crippen LogP contribution is 2.30. The number of ether oxygens (including phenoxy) is 1. The van der Waals surface area contributed by atoms with Crippen molar-refractivity contribution < 1.29 is 4.74 Å². The topological polar surface area (TPSA) is 59.1 Å². The van der Waals surface area contributed by atoms with Gasteiger partial charge in [0.15, 0.2) is 0 Å². The maximum atomic E-state index is 5.60. The summed E-state index contributed by atoms with van der Waals surface area (Å²) in [5.74, 6) is 1.60. The van der Waals surface area contributed by atoms with Crippen LogP contribution in [0.3, 0.4) is 0 Å². The molecular weight excluding hydrogens is 272 g/mol. The minimum Gasteiger partial charge on any atom is -0.378 e. The van der Waals surface area contributed by atoms with Gasteiger partial charge in [0.05, 0.1) is 11.5 Å². The summed E-state index contributed by atoms with van der Waals surface area (Å²) < 4.78 is 5.60. The molecule has 3 heterocycles. The van der Waals surface area contributed by atoms with Crippen molar-refractivity contribution in [2.24, 2.45) is 0 Å². The molecule has 2 aromatic rings. The van der Waals surface area contributed by atoms with Gasteiger partial charge in [-0.3, -0.25) is 0 Å². The number of fused-ring (bicyclic) bond motifs is 1. The molecule has 0 aliphatic carbocycles. The van der Waals surface area contributed by atoms with Crippen LogP contribution >= 0.6 is 11.3 Å². The van der Waals surface area contributed by atoms with Gasteiger partial charge >= 0.3 is 0 Å². The molecule has 2 aromatic heterocycles. The molecule has 0 amide bonds. The molecule has 1 aliphatic heterocycles. The molecule has 0 bridgehead atoms. The van der Waals surface area contributed by atoms with Crippen LogP contribution in [-0.4, -0.2) is 35.8 Å². The van der Waals surface area contributed by atoms with Crippen molar-refractivity contribution in [1.82, 2.24) is 9.97 Å². The van der Waals surface area contributed by atoms with Crippen LogP contribution in [0.2, 0.25) is 0 Å². The van der Waals surface area contributed by atoms with Crippen molar-refractivity contribution >= 4 is 33.3 Å². The fraction of sp³-hybridized carbons (Fsp3) is 0.571. The summed E-state index contributed by atoms with van der Waals surface area (Å²) in [4.78, 5) is 11.4. The Morgan fingerprint density at radius 1 is 1.40 bits per heavy atom. The summed E-state index contributed by atoms with van der Waals surface area (Å²) in [5, 5.41) is 7.73. The number of rotatable bonds is 3. The second-order valence-electron chi connectivity index (χ2n) is 5.27. The van der Waals surface area contributed by atoms with Crippen molar-refractivity contribution in [2.45, 2.75) is 38.8 Å². The highest BCUT2D eigenvalue weighted by atomic mass is 32.1. The normalized spacial score (nSPS) is 22.9. The van der Waals surface area contributed by atoms with E-state index in [0.29, 0.717) is 18.1 Å². The molecule has 6 heteroatoms. The van der Waals surface area contributed by atoms with E-state index < -0.39 is 0 Å². The molecule has 0 radical (unpaired) electrons. The maximum absolute atomic E-state index is 5.60. The number of nitrogens with one attached hydrogen (secondary N) is 2. The maximum Gasteiger partial charge on any atom is 0.225 e. The standard InChI is InChI=1S/C14H20N4OS/c1-8-6-10(4-5-19-8)16-12-11-7-9(2)20-13(11)18-14(15-3)17-12/h7-8,10H,4-6H2,1-3H3,(H2,15,16,17,18). The third kappa shape index (κ3) is 2.71. The lowest BCUT2D eigenvalue weighted by Gasteiger charge is -2.28. The zero-order valence-corrected chi connectivity index (χ0v) is 12.9. The minimum atomic E-state index is 0.312. The Morgan fingerprint density at radius 3 is 3.00 bits per heavy atom. The minimum absolute atomic E-state index is 0.312. The van der Waals surface area contributed by atoms with Gasteiger partial charge in [0.25, 0.3) is 0 Å². The monoisotopic (exact) mass is 292 g/mol. The number of thiophene rings is 1. The SMILES string of the molecule is CNc1nc(NC2CCOC(C)C2)c2cc(C)sc2n1. The van der Waals surface area contributed by atoms with Gasteiger partial charge in [-0.1, -0.05) is 0 Å². The number of anilines is 2. The van der Waals surface area contributed by atoms with Crippen LogP contribution < -0.4 is 10.6 Å². The first-order chi connectivity index (χ1) is 9.65. The lowest BCUT2D eigenvalue weighted by atomic mass is 10.0. The Bertz CT molecular complexity index is 612. The average Bonchev–Trinajstić information content (AvgIpc) is 2.79. The first kappa shape index (κ1) is 13.6. The first-order valence-corrected chi connectivity index (χ1v) is 7.81. The van der Waals surface area contributed by atoms with Crippen LogP contribution in [0.4, 0.5) is 11.8 Å². The second kappa shape index (κ2) is 5.54. The molecule has 2 unspecified atom stereocenters. The number of hydrogen-bond donors (Lipinski definition) is 2. The lowest BCUT2D eigenvalue weighted by molar-refractivity contribution is 0.0232. The van der Waals surface area contributed by atoms with Crippen LogP contribution in [0.5, 0.6) is 0 Å². The highest BCUT2D eigenvalue weighted by molar-refractivity contribution is 7.18. The van der Waals surface area contributed by atoms with Crippen LogP contribution in [0.25, 0.3) is 10.2 Å². The Labute approximate surface area is 122 Å². The van der Waals surface area contributed by atoms with Crippen molar-refractivity contribution in [1.29, 1.82) is 0 Å². The number of nitrogens with zero attached hydrogens (tertiary/aromatic N) is 2. The van der Waals surface area contributed by atoms with Gasteiger partial charge in [-0.25, -0.2) is 4.98 Å². The van der Waals surface area contributed by atoms with Crippen LogP contribution in [0, 0.1) is 6.92 Å². The summed E-state index contributed by atoms with van der Waals surface area (Å²) in [6.07, 6.45) is 2.35. The first-order valence-electron chi connectivity index (χ1n) is 7.00. The van der Waals surface area contributed by atoms with Gasteiger partial charge in [-0.05, 0) is 32.8 Å². The van der Waals surface area contributed by atoms with E-state index in [-0.39, 0.29) is 0 Å². The van der Waals surface area contributed by atoms with Crippen molar-refractivity contribution in [3.8, 4) is 0 Å². The predicted molar refractivity (Wildman–Crippen MR) is 83.8 cm³/mol. The Morgan fingerprint density at radius 2 is 2.25 bits per heavy atom. The molecule has 0 spiro atoms. The van der Waals surface area contributed by atoms with Crippen LogP contribution in [0.1, 0.15) is 24.6 Å². The van der Waals surface area contributed by atoms with Gasteiger partial charge in [0, 0.05) is 24.6 Å². The van der Waals surface area contributed by atoms with E-state index in [0.717, 1.165) is 35.5 Å². The Hall–Kier alpha value is -1.40. The van der Waals surface area contributed by atoms with E-state index in [9.17, 15) is 0 Å². The summed E-state index contributed by atoms with van der Waals surface area (Å²) in [6, 6.07) is 2.58. The number of aryl methyl sites for hydroxylation is 1. The smallest absolute Gasteiger partial charge is 0.225 e. The predicted octanol–water partition coefficient (Wildman–Crippen LogP) is 3.02. The quantitative estimate of drug-likeness (QED) is 0.910. The molecule has 1 saturated heterocycles. The van der Waals surface area contributed by atoms with Crippen molar-refractivity contribution in [3.05, 3.63) is 10.9 Å². The van der Waals surface area contributed by atoms with E-state index in [1.165, 1.54) is 4.88 Å². The van der Waals surface area contributed by atoms with E-state index in [2.05, 4.69) is 40.5 Å². The Kier molecular flexibility index (Phi) is 3.76. The molecule has 5 nitrogen and oxygen atoms in total. The third-order valence-electron chi connectivity index (χ3n) is 3.57. The summed E-state index contributed by atoms with van der Waals surface area (Å²) >= 11 is 1.70. The fourth-order valence-corrected chi connectivity index (χ4v) is 3.47. The van der Waals surface area contributed by atoms with Gasteiger partial charge in [0.2, 0.25) is 5.95 Å². The molecule has 108 valence electrons. The van der Waals surface area contributed by atoms with Crippen LogP contribution in [-0.2, 0) is 4.74 Å². The molecule has 20 heavy (non-hydrogen) atoms. The largest absolute Gasteiger partial charge is 0.378 e. The van der Waals surface area contributed by atoms with Crippen molar-refractivity contribution in [2.75, 3.05) is 24.3 Å². The van der Waals surface area contributed by atoms with E-state index >= 15 is 0 Å². The van der Waals surface area contributed by atoms with Gasteiger partial charge < -0.3 is 15.4 Å². The van der Waals surface area contributed by atoms with E-state index in [1.807, 2.05) is 7.05 Å². The fourth-order valence-electron chi connectivity index (χ4n) is 2.59. The van der Waals surface area contributed by atoms with Gasteiger partial charge in [0.1, 0.15) is 10.6 Å². The summed E-state index contributed by atoms with van der Waals surface area (Å²) in [6.45, 7) is 5.04. The summed E-state index contributed by atoms with van der Waals surface area (Å²) in [5.41, 5.74) is 0. The molecule has 2 N–H and O–H groups in total. The second-order valence-corrected chi connectivity index (χ2v) is 6.50. The molecule has 3 rings (SSSR count). The Balaban J connectivity index is 1.92. The molecule has 0 saturated carbocycles. The highest BCUT2D eigenvalue weighted by Gasteiger charge is 2.21. The third-order valence-corrected chi connectivity index (χ3v) is 4.51. The number of aromatic nitrogens is 2. The molecule has 2 atom stereocenters. The average molecular weight is 292 g/mol. The summed E-state index contributed by atoms with van der Waals surface area (Å²) in [7, 11) is 1.85. The van der Waals surface area contributed by atoms with E-state index in [1.54, 1.807) is 11.3 Å². The van der Waals surface area contributed by atoms with Gasteiger partial charge in [-0.15, -0.1) is 11.3 Å². The molecule has 1 aliphatic rings.